The molecule has 162 valence electrons. The number of carbonyl (C=O) groups excluding carboxylic acids is 1. The van der Waals surface area contributed by atoms with Gasteiger partial charge in [0.25, 0.3) is 12.4 Å². The molecule has 1 amide bonds. The van der Waals surface area contributed by atoms with E-state index in [4.69, 9.17) is 9.90 Å². The van der Waals surface area contributed by atoms with E-state index in [1.807, 2.05) is 63.4 Å². The molecule has 0 aliphatic heterocycles. The quantitative estimate of drug-likeness (QED) is 0.395. The van der Waals surface area contributed by atoms with Gasteiger partial charge in [0.2, 0.25) is 0 Å². The molecule has 0 saturated heterocycles. The lowest BCUT2D eigenvalue weighted by atomic mass is 10.1. The first-order valence-corrected chi connectivity index (χ1v) is 9.88. The van der Waals surface area contributed by atoms with E-state index in [-0.39, 0.29) is 12.4 Å². The molecule has 0 spiro atoms. The highest BCUT2D eigenvalue weighted by molar-refractivity contribution is 5.94. The zero-order chi connectivity index (χ0) is 22.6. The molecule has 31 heavy (non-hydrogen) atoms. The Labute approximate surface area is 181 Å². The topological polar surface area (TPSA) is 117 Å². The molecule has 0 radical (unpaired) electrons. The summed E-state index contributed by atoms with van der Waals surface area (Å²) in [6.45, 7) is 6.96. The second-order valence-electron chi connectivity index (χ2n) is 6.89. The molecule has 0 atom stereocenters. The highest BCUT2D eigenvalue weighted by Crippen LogP contribution is 2.20. The van der Waals surface area contributed by atoms with Crippen molar-refractivity contribution in [2.45, 2.75) is 27.2 Å². The van der Waals surface area contributed by atoms with Crippen LogP contribution in [0.25, 0.3) is 11.3 Å². The lowest BCUT2D eigenvalue weighted by Crippen LogP contribution is -2.25. The molecule has 3 N–H and O–H groups in total. The first kappa shape index (κ1) is 23.5. The fourth-order valence-electron chi connectivity index (χ4n) is 2.77. The van der Waals surface area contributed by atoms with Crippen LogP contribution in [0.15, 0.2) is 48.8 Å². The Hall–Kier alpha value is -3.81. The van der Waals surface area contributed by atoms with Crippen LogP contribution in [0.3, 0.4) is 0 Å². The average molecular weight is 422 g/mol. The number of nitrogens with zero attached hydrogens (tertiary/aromatic N) is 3. The van der Waals surface area contributed by atoms with Gasteiger partial charge in [0.15, 0.2) is 0 Å². The number of benzene rings is 1. The summed E-state index contributed by atoms with van der Waals surface area (Å²) in [5.41, 5.74) is 5.32. The second-order valence-corrected chi connectivity index (χ2v) is 6.89. The lowest BCUT2D eigenvalue weighted by Gasteiger charge is -2.09. The van der Waals surface area contributed by atoms with Crippen LogP contribution in [0.5, 0.6) is 0 Å². The van der Waals surface area contributed by atoms with Gasteiger partial charge in [-0.2, -0.15) is 0 Å². The number of hydrogen-bond acceptors (Lipinski definition) is 6. The molecule has 3 rings (SSSR count). The van der Waals surface area contributed by atoms with Crippen molar-refractivity contribution in [2.24, 2.45) is 0 Å². The number of carbonyl (C=O) groups is 2. The molecule has 0 saturated carbocycles. The molecule has 0 aliphatic carbocycles. The van der Waals surface area contributed by atoms with Gasteiger partial charge in [-0.15, -0.1) is 0 Å². The van der Waals surface area contributed by atoms with Crippen molar-refractivity contribution in [3.63, 3.8) is 0 Å². The predicted molar refractivity (Wildman–Crippen MR) is 120 cm³/mol. The van der Waals surface area contributed by atoms with Crippen molar-refractivity contribution in [3.8, 4) is 11.3 Å². The number of aryl methyl sites for hydroxylation is 3. The first-order valence-electron chi connectivity index (χ1n) is 9.88. The van der Waals surface area contributed by atoms with Crippen LogP contribution < -0.4 is 10.6 Å². The van der Waals surface area contributed by atoms with Gasteiger partial charge in [0.1, 0.15) is 5.82 Å². The van der Waals surface area contributed by atoms with Gasteiger partial charge in [0.05, 0.1) is 17.1 Å². The third-order valence-corrected chi connectivity index (χ3v) is 4.35. The number of rotatable bonds is 7. The number of hydrogen-bond donors (Lipinski definition) is 3. The summed E-state index contributed by atoms with van der Waals surface area (Å²) >= 11 is 0. The van der Waals surface area contributed by atoms with Crippen LogP contribution in [0, 0.1) is 20.8 Å². The SMILES string of the molecule is Cc1ccc(NCCCNC(=O)c2ccc(-c3nc(C)cnc3C)cc2)nc1.O=CO. The Morgan fingerprint density at radius 2 is 1.71 bits per heavy atom. The maximum atomic E-state index is 12.3. The predicted octanol–water partition coefficient (Wildman–Crippen LogP) is 3.40. The highest BCUT2D eigenvalue weighted by Gasteiger charge is 2.08. The molecule has 0 bridgehead atoms. The van der Waals surface area contributed by atoms with Gasteiger partial charge in [-0.25, -0.2) is 9.97 Å². The van der Waals surface area contributed by atoms with E-state index in [9.17, 15) is 4.79 Å². The van der Waals surface area contributed by atoms with Crippen molar-refractivity contribution < 1.29 is 14.7 Å². The summed E-state index contributed by atoms with van der Waals surface area (Å²) in [4.78, 5) is 33.9. The van der Waals surface area contributed by atoms with Gasteiger partial charge in [-0.05, 0) is 51.0 Å². The molecule has 2 heterocycles. The van der Waals surface area contributed by atoms with E-state index >= 15 is 0 Å². The van der Waals surface area contributed by atoms with E-state index in [2.05, 4.69) is 25.6 Å². The number of nitrogens with one attached hydrogen (secondary N) is 2. The van der Waals surface area contributed by atoms with E-state index in [0.29, 0.717) is 12.1 Å². The van der Waals surface area contributed by atoms with Gasteiger partial charge in [-0.1, -0.05) is 18.2 Å². The smallest absolute Gasteiger partial charge is 0.290 e. The second kappa shape index (κ2) is 12.0. The highest BCUT2D eigenvalue weighted by atomic mass is 16.3. The molecule has 0 unspecified atom stereocenters. The van der Waals surface area contributed by atoms with Gasteiger partial charge in [0, 0.05) is 36.6 Å². The normalized spacial score (nSPS) is 9.90. The van der Waals surface area contributed by atoms with Crippen LogP contribution in [-0.4, -0.2) is 45.5 Å². The Kier molecular flexibility index (Phi) is 9.10. The van der Waals surface area contributed by atoms with Gasteiger partial charge >= 0.3 is 0 Å². The summed E-state index contributed by atoms with van der Waals surface area (Å²) in [5, 5.41) is 13.1. The number of carboxylic acid groups (broad SMARTS) is 1. The minimum Gasteiger partial charge on any atom is -0.483 e. The number of amides is 1. The van der Waals surface area contributed by atoms with E-state index in [0.717, 1.165) is 47.0 Å². The molecule has 2 aromatic heterocycles. The summed E-state index contributed by atoms with van der Waals surface area (Å²) in [5.74, 6) is 0.772. The first-order chi connectivity index (χ1) is 14.9. The fourth-order valence-corrected chi connectivity index (χ4v) is 2.77. The average Bonchev–Trinajstić information content (AvgIpc) is 2.77. The van der Waals surface area contributed by atoms with Gasteiger partial charge in [-0.3, -0.25) is 14.6 Å². The number of pyridine rings is 1. The number of anilines is 1. The Balaban J connectivity index is 0.00000107. The Morgan fingerprint density at radius 1 is 1.00 bits per heavy atom. The van der Waals surface area contributed by atoms with Gasteiger partial charge < -0.3 is 15.7 Å². The third kappa shape index (κ3) is 7.50. The van der Waals surface area contributed by atoms with Crippen LogP contribution in [0.4, 0.5) is 5.82 Å². The van der Waals surface area contributed by atoms with E-state index in [1.165, 1.54) is 0 Å². The molecule has 3 aromatic rings. The molecular weight excluding hydrogens is 394 g/mol. The van der Waals surface area contributed by atoms with Crippen molar-refractivity contribution in [1.82, 2.24) is 20.3 Å². The minimum atomic E-state index is -0.250. The van der Waals surface area contributed by atoms with Crippen molar-refractivity contribution in [2.75, 3.05) is 18.4 Å². The zero-order valence-corrected chi connectivity index (χ0v) is 17.9. The van der Waals surface area contributed by atoms with Crippen molar-refractivity contribution in [3.05, 3.63) is 71.3 Å². The van der Waals surface area contributed by atoms with Crippen molar-refractivity contribution >= 4 is 18.2 Å². The molecule has 8 heteroatoms. The molecule has 8 nitrogen and oxygen atoms in total. The Morgan fingerprint density at radius 3 is 2.35 bits per heavy atom. The fraction of sp³-hybridized carbons (Fsp3) is 0.261. The summed E-state index contributed by atoms with van der Waals surface area (Å²) in [7, 11) is 0. The maximum absolute atomic E-state index is 12.3. The van der Waals surface area contributed by atoms with E-state index < -0.39 is 0 Å². The summed E-state index contributed by atoms with van der Waals surface area (Å²) < 4.78 is 0. The van der Waals surface area contributed by atoms with Crippen LogP contribution in [0.2, 0.25) is 0 Å². The maximum Gasteiger partial charge on any atom is 0.290 e. The summed E-state index contributed by atoms with van der Waals surface area (Å²) in [6, 6.07) is 11.4. The zero-order valence-electron chi connectivity index (χ0n) is 17.9. The molecular formula is C23H27N5O3. The molecule has 1 aromatic carbocycles. The largest absolute Gasteiger partial charge is 0.483 e. The van der Waals surface area contributed by atoms with E-state index in [1.54, 1.807) is 6.20 Å². The van der Waals surface area contributed by atoms with Crippen LogP contribution in [0.1, 0.15) is 33.7 Å². The van der Waals surface area contributed by atoms with Crippen molar-refractivity contribution in [1.29, 1.82) is 0 Å². The monoisotopic (exact) mass is 421 g/mol. The Bertz CT molecular complexity index is 989. The minimum absolute atomic E-state index is 0.0768. The molecule has 0 fully saturated rings. The van der Waals surface area contributed by atoms with Crippen LogP contribution in [-0.2, 0) is 4.79 Å². The van der Waals surface area contributed by atoms with Crippen LogP contribution >= 0.6 is 0 Å². The third-order valence-electron chi connectivity index (χ3n) is 4.35. The number of aromatic nitrogens is 3. The standard InChI is InChI=1S/C22H25N5O.CH2O2/c1-15-5-10-20(26-13-15)23-11-4-12-24-22(28)19-8-6-18(7-9-19)21-17(3)25-14-16(2)27-21;2-1-3/h5-10,13-14H,4,11-12H2,1-3H3,(H,23,26)(H,24,28);1H,(H,2,3). The summed E-state index contributed by atoms with van der Waals surface area (Å²) in [6.07, 6.45) is 4.40. The molecule has 0 aliphatic rings. The lowest BCUT2D eigenvalue weighted by molar-refractivity contribution is -0.122.